The molecule has 0 bridgehead atoms. The van der Waals surface area contributed by atoms with Gasteiger partial charge in [-0.05, 0) is 6.92 Å². The van der Waals surface area contributed by atoms with E-state index in [0.29, 0.717) is 12.5 Å². The SMILES string of the molecule is CCNC(N)=NCc1ncc[nH]1. The molecule has 1 rings (SSSR count). The molecule has 5 heteroatoms. The Hall–Kier alpha value is -1.52. The van der Waals surface area contributed by atoms with Crippen LogP contribution in [0.4, 0.5) is 0 Å². The highest BCUT2D eigenvalue weighted by atomic mass is 15.1. The number of aliphatic imine (C=N–C) groups is 1. The molecule has 1 aromatic rings. The van der Waals surface area contributed by atoms with Crippen LogP contribution in [0.15, 0.2) is 17.4 Å². The van der Waals surface area contributed by atoms with Gasteiger partial charge in [-0.1, -0.05) is 0 Å². The Morgan fingerprint density at radius 1 is 1.83 bits per heavy atom. The fourth-order valence-electron chi connectivity index (χ4n) is 0.782. The van der Waals surface area contributed by atoms with Gasteiger partial charge in [0.1, 0.15) is 12.4 Å². The summed E-state index contributed by atoms with van der Waals surface area (Å²) in [4.78, 5) is 11.0. The Labute approximate surface area is 71.1 Å². The molecule has 66 valence electrons. The van der Waals surface area contributed by atoms with E-state index in [0.717, 1.165) is 12.4 Å². The maximum absolute atomic E-state index is 5.50. The van der Waals surface area contributed by atoms with Gasteiger partial charge in [0.15, 0.2) is 5.96 Å². The fraction of sp³-hybridized carbons (Fsp3) is 0.429. The Kier molecular flexibility index (Phi) is 3.13. The van der Waals surface area contributed by atoms with E-state index < -0.39 is 0 Å². The lowest BCUT2D eigenvalue weighted by atomic mass is 10.6. The van der Waals surface area contributed by atoms with Gasteiger partial charge in [0.25, 0.3) is 0 Å². The topological polar surface area (TPSA) is 79.1 Å². The van der Waals surface area contributed by atoms with Crippen LogP contribution in [0.1, 0.15) is 12.7 Å². The zero-order chi connectivity index (χ0) is 8.81. The average Bonchev–Trinajstić information content (AvgIpc) is 2.53. The molecule has 0 aliphatic rings. The summed E-state index contributed by atoms with van der Waals surface area (Å²) < 4.78 is 0. The second-order valence-corrected chi connectivity index (χ2v) is 2.27. The minimum atomic E-state index is 0.453. The number of imidazole rings is 1. The molecule has 0 saturated heterocycles. The third kappa shape index (κ3) is 2.61. The molecule has 5 nitrogen and oxygen atoms in total. The van der Waals surface area contributed by atoms with Crippen molar-refractivity contribution in [1.82, 2.24) is 15.3 Å². The Balaban J connectivity index is 2.38. The summed E-state index contributed by atoms with van der Waals surface area (Å²) in [7, 11) is 0. The largest absolute Gasteiger partial charge is 0.370 e. The molecular weight excluding hydrogens is 154 g/mol. The highest BCUT2D eigenvalue weighted by molar-refractivity contribution is 5.77. The van der Waals surface area contributed by atoms with Crippen LogP contribution in [-0.2, 0) is 6.54 Å². The summed E-state index contributed by atoms with van der Waals surface area (Å²) in [5, 5.41) is 2.89. The zero-order valence-corrected chi connectivity index (χ0v) is 7.04. The minimum absolute atomic E-state index is 0.453. The number of aromatic nitrogens is 2. The van der Waals surface area contributed by atoms with Gasteiger partial charge in [-0.3, -0.25) is 0 Å². The van der Waals surface area contributed by atoms with Crippen molar-refractivity contribution in [2.75, 3.05) is 6.54 Å². The van der Waals surface area contributed by atoms with Crippen molar-refractivity contribution in [3.05, 3.63) is 18.2 Å². The highest BCUT2D eigenvalue weighted by Crippen LogP contribution is 1.89. The first kappa shape index (κ1) is 8.58. The first-order valence-electron chi connectivity index (χ1n) is 3.85. The number of hydrogen-bond acceptors (Lipinski definition) is 2. The van der Waals surface area contributed by atoms with Gasteiger partial charge in [0, 0.05) is 18.9 Å². The van der Waals surface area contributed by atoms with Gasteiger partial charge in [-0.25, -0.2) is 9.98 Å². The number of nitrogens with zero attached hydrogens (tertiary/aromatic N) is 2. The van der Waals surface area contributed by atoms with Crippen molar-refractivity contribution in [3.8, 4) is 0 Å². The van der Waals surface area contributed by atoms with Crippen LogP contribution < -0.4 is 11.1 Å². The lowest BCUT2D eigenvalue weighted by Crippen LogP contribution is -2.31. The molecule has 0 spiro atoms. The zero-order valence-electron chi connectivity index (χ0n) is 7.04. The molecule has 4 N–H and O–H groups in total. The normalized spacial score (nSPS) is 11.6. The third-order valence-corrected chi connectivity index (χ3v) is 1.31. The summed E-state index contributed by atoms with van der Waals surface area (Å²) in [6.45, 7) is 3.24. The summed E-state index contributed by atoms with van der Waals surface area (Å²) in [6, 6.07) is 0. The number of H-pyrrole nitrogens is 1. The van der Waals surface area contributed by atoms with Crippen molar-refractivity contribution in [2.45, 2.75) is 13.5 Å². The molecule has 0 fully saturated rings. The lowest BCUT2D eigenvalue weighted by Gasteiger charge is -1.99. The monoisotopic (exact) mass is 167 g/mol. The maximum Gasteiger partial charge on any atom is 0.189 e. The Morgan fingerprint density at radius 2 is 2.67 bits per heavy atom. The van der Waals surface area contributed by atoms with E-state index in [1.54, 1.807) is 12.4 Å². The molecule has 1 aromatic heterocycles. The molecule has 12 heavy (non-hydrogen) atoms. The van der Waals surface area contributed by atoms with Crippen molar-refractivity contribution < 1.29 is 0 Å². The molecular formula is C7H13N5. The number of nitrogens with two attached hydrogens (primary N) is 1. The Morgan fingerprint density at radius 3 is 3.25 bits per heavy atom. The third-order valence-electron chi connectivity index (χ3n) is 1.31. The van der Waals surface area contributed by atoms with Crippen molar-refractivity contribution in [1.29, 1.82) is 0 Å². The summed E-state index contributed by atoms with van der Waals surface area (Å²) in [6.07, 6.45) is 3.45. The van der Waals surface area contributed by atoms with E-state index in [1.807, 2.05) is 6.92 Å². The van der Waals surface area contributed by atoms with Gasteiger partial charge < -0.3 is 16.0 Å². The maximum atomic E-state index is 5.50. The predicted octanol–water partition coefficient (Wildman–Crippen LogP) is -0.166. The summed E-state index contributed by atoms with van der Waals surface area (Å²) in [5.41, 5.74) is 5.50. The molecule has 0 unspecified atom stereocenters. The molecule has 0 aliphatic heterocycles. The van der Waals surface area contributed by atoms with E-state index in [4.69, 9.17) is 5.73 Å². The second kappa shape index (κ2) is 4.38. The van der Waals surface area contributed by atoms with Crippen molar-refractivity contribution in [3.63, 3.8) is 0 Å². The van der Waals surface area contributed by atoms with E-state index >= 15 is 0 Å². The van der Waals surface area contributed by atoms with E-state index in [2.05, 4.69) is 20.3 Å². The van der Waals surface area contributed by atoms with E-state index in [-0.39, 0.29) is 0 Å². The van der Waals surface area contributed by atoms with E-state index in [1.165, 1.54) is 0 Å². The van der Waals surface area contributed by atoms with Crippen LogP contribution in [0.25, 0.3) is 0 Å². The van der Waals surface area contributed by atoms with Crippen LogP contribution in [0.5, 0.6) is 0 Å². The molecule has 0 atom stereocenters. The summed E-state index contributed by atoms with van der Waals surface area (Å²) in [5.74, 6) is 1.27. The molecule has 0 saturated carbocycles. The summed E-state index contributed by atoms with van der Waals surface area (Å²) >= 11 is 0. The number of rotatable bonds is 3. The minimum Gasteiger partial charge on any atom is -0.370 e. The van der Waals surface area contributed by atoms with Gasteiger partial charge in [0.2, 0.25) is 0 Å². The molecule has 0 aromatic carbocycles. The predicted molar refractivity (Wildman–Crippen MR) is 47.6 cm³/mol. The standard InChI is InChI=1S/C7H13N5/c1-2-9-7(8)12-5-6-10-3-4-11-6/h3-4H,2,5H2,1H3,(H,10,11)(H3,8,9,12). The van der Waals surface area contributed by atoms with Crippen LogP contribution in [-0.4, -0.2) is 22.5 Å². The first-order chi connectivity index (χ1) is 5.83. The Bertz CT molecular complexity index is 238. The number of guanidine groups is 1. The quantitative estimate of drug-likeness (QED) is 0.432. The highest BCUT2D eigenvalue weighted by Gasteiger charge is 1.92. The second-order valence-electron chi connectivity index (χ2n) is 2.27. The molecule has 0 amide bonds. The van der Waals surface area contributed by atoms with Crippen LogP contribution in [0.3, 0.4) is 0 Å². The van der Waals surface area contributed by atoms with Crippen molar-refractivity contribution in [2.24, 2.45) is 10.7 Å². The van der Waals surface area contributed by atoms with Crippen LogP contribution >= 0.6 is 0 Å². The number of nitrogens with one attached hydrogen (secondary N) is 2. The number of hydrogen-bond donors (Lipinski definition) is 3. The van der Waals surface area contributed by atoms with Crippen LogP contribution in [0.2, 0.25) is 0 Å². The van der Waals surface area contributed by atoms with Gasteiger partial charge in [0.05, 0.1) is 0 Å². The van der Waals surface area contributed by atoms with Gasteiger partial charge in [-0.15, -0.1) is 0 Å². The molecule has 0 radical (unpaired) electrons. The number of aromatic amines is 1. The average molecular weight is 167 g/mol. The smallest absolute Gasteiger partial charge is 0.189 e. The molecule has 0 aliphatic carbocycles. The molecule has 1 heterocycles. The van der Waals surface area contributed by atoms with Crippen LogP contribution in [0, 0.1) is 0 Å². The lowest BCUT2D eigenvalue weighted by molar-refractivity contribution is 0.896. The van der Waals surface area contributed by atoms with E-state index in [9.17, 15) is 0 Å². The van der Waals surface area contributed by atoms with Gasteiger partial charge in [-0.2, -0.15) is 0 Å². The van der Waals surface area contributed by atoms with Gasteiger partial charge >= 0.3 is 0 Å². The van der Waals surface area contributed by atoms with Crippen molar-refractivity contribution >= 4 is 5.96 Å². The first-order valence-corrected chi connectivity index (χ1v) is 3.85. The fourth-order valence-corrected chi connectivity index (χ4v) is 0.782.